The van der Waals surface area contributed by atoms with Crippen molar-refractivity contribution in [3.63, 3.8) is 0 Å². The fourth-order valence-electron chi connectivity index (χ4n) is 12.6. The van der Waals surface area contributed by atoms with E-state index >= 15 is 0 Å². The molecule has 15 heterocycles. The maximum Gasteiger partial charge on any atom is 0.173 e. The molecule has 12 aromatic rings. The lowest BCUT2D eigenvalue weighted by Crippen LogP contribution is -2.46. The van der Waals surface area contributed by atoms with Crippen LogP contribution >= 0.6 is 63.7 Å². The van der Waals surface area contributed by atoms with E-state index in [9.17, 15) is 5.11 Å². The predicted molar refractivity (Wildman–Crippen MR) is 409 cm³/mol. The first-order valence-corrected chi connectivity index (χ1v) is 37.0. The number of hydrogen-bond acceptors (Lipinski definition) is 24. The van der Waals surface area contributed by atoms with E-state index in [1.165, 1.54) is 0 Å². The van der Waals surface area contributed by atoms with Crippen molar-refractivity contribution in [1.82, 2.24) is 89.0 Å². The fraction of sp³-hybridized carbons (Fsp3) is 0.362. The minimum Gasteiger partial charge on any atom is -0.388 e. The van der Waals surface area contributed by atoms with Crippen LogP contribution in [0.3, 0.4) is 0 Å². The molecular formula is C69H81Br4N27O. The second-order valence-electron chi connectivity index (χ2n) is 25.8. The lowest BCUT2D eigenvalue weighted by molar-refractivity contribution is 0.0533. The summed E-state index contributed by atoms with van der Waals surface area (Å²) < 4.78 is 10.7. The summed E-state index contributed by atoms with van der Waals surface area (Å²) >= 11 is 14.1. The molecule has 4 fully saturated rings. The second-order valence-corrected chi connectivity index (χ2v) is 29.2. The molecule has 12 N–H and O–H groups in total. The molecule has 4 aliphatic rings. The maximum absolute atomic E-state index is 10.6. The SMILES string of the molecule is Brc1cnn2c(NCc3cccnc3)cc(N[C@@H]3CCNC3)nc12.Brc1cnn2c(NCc3cccnc3)cc(N[C@H]3CCNC3)nc12.CC(C)(O)[C@@H]1CCCN1c1cc(NCc2cccnc2)n2ncc(Br)c2n1.NC1CCC(Nc2cc(NCc3cccnc3)n3ncc(Br)c3n2)CC1. The lowest BCUT2D eigenvalue weighted by atomic mass is 9.92. The van der Waals surface area contributed by atoms with Gasteiger partial charge in [-0.2, -0.15) is 38.5 Å². The predicted octanol–water partition coefficient (Wildman–Crippen LogP) is 11.0. The number of rotatable bonds is 20. The minimum absolute atomic E-state index is 0.0420. The molecule has 3 saturated heterocycles. The zero-order valence-electron chi connectivity index (χ0n) is 55.9. The number of halogens is 4. The molecule has 0 radical (unpaired) electrons. The second kappa shape index (κ2) is 33.4. The summed E-state index contributed by atoms with van der Waals surface area (Å²) in [5.41, 5.74) is 12.8. The topological polar surface area (TPSA) is 330 Å². The molecule has 0 bridgehead atoms. The molecule has 0 aromatic carbocycles. The Hall–Kier alpha value is -8.76. The summed E-state index contributed by atoms with van der Waals surface area (Å²) in [5.74, 6) is 6.93. The Balaban J connectivity index is 0.000000121. The molecule has 0 unspecified atom stereocenters. The van der Waals surface area contributed by atoms with Gasteiger partial charge in [-0.15, -0.1) is 0 Å². The average Bonchev–Trinajstić information content (AvgIpc) is 1.78. The van der Waals surface area contributed by atoms with E-state index < -0.39 is 5.60 Å². The fourth-order valence-corrected chi connectivity index (χ4v) is 14.0. The van der Waals surface area contributed by atoms with Gasteiger partial charge >= 0.3 is 0 Å². The molecule has 1 aliphatic carbocycles. The monoisotopic (exact) mass is 1620 g/mol. The third kappa shape index (κ3) is 18.3. The van der Waals surface area contributed by atoms with Gasteiger partial charge in [-0.25, -0.2) is 19.9 Å². The van der Waals surface area contributed by atoms with Gasteiger partial charge in [-0.1, -0.05) is 24.3 Å². The minimum atomic E-state index is -0.787. The van der Waals surface area contributed by atoms with Crippen LogP contribution in [-0.2, 0) is 26.2 Å². The summed E-state index contributed by atoms with van der Waals surface area (Å²) in [4.78, 5) is 37.7. The summed E-state index contributed by atoms with van der Waals surface area (Å²) in [5, 5.41) is 59.2. The Bertz CT molecular complexity index is 4490. The Morgan fingerprint density at radius 2 is 0.822 bits per heavy atom. The highest BCUT2D eigenvalue weighted by Crippen LogP contribution is 2.35. The van der Waals surface area contributed by atoms with Crippen molar-refractivity contribution >= 4 is 133 Å². The summed E-state index contributed by atoms with van der Waals surface area (Å²) in [6.07, 6.45) is 30.0. The highest BCUT2D eigenvalue weighted by molar-refractivity contribution is 9.11. The number of pyridine rings is 4. The Morgan fingerprint density at radius 3 is 1.16 bits per heavy atom. The number of nitrogens with two attached hydrogens (primary N) is 1. The first-order chi connectivity index (χ1) is 49.2. The number of aliphatic hydroxyl groups is 1. The van der Waals surface area contributed by atoms with Gasteiger partial charge in [0, 0.05) is 144 Å². The molecule has 3 aliphatic heterocycles. The number of hydrogen-bond donors (Lipinski definition) is 11. The molecule has 0 amide bonds. The van der Waals surface area contributed by atoms with Gasteiger partial charge in [0.2, 0.25) is 0 Å². The van der Waals surface area contributed by atoms with Gasteiger partial charge < -0.3 is 63.6 Å². The number of nitrogens with zero attached hydrogens (tertiary/aromatic N) is 17. The van der Waals surface area contributed by atoms with E-state index in [0.29, 0.717) is 50.3 Å². The molecule has 28 nitrogen and oxygen atoms in total. The van der Waals surface area contributed by atoms with Crippen molar-refractivity contribution in [3.8, 4) is 0 Å². The van der Waals surface area contributed by atoms with E-state index in [0.717, 1.165) is 193 Å². The third-order valence-corrected chi connectivity index (χ3v) is 20.0. The Labute approximate surface area is 617 Å². The van der Waals surface area contributed by atoms with Crippen LogP contribution in [0.1, 0.15) is 87.5 Å². The maximum atomic E-state index is 10.6. The normalized spacial score (nSPS) is 18.1. The van der Waals surface area contributed by atoms with Crippen LogP contribution in [0.4, 0.5) is 46.5 Å². The van der Waals surface area contributed by atoms with Crippen molar-refractivity contribution in [2.24, 2.45) is 5.73 Å². The van der Waals surface area contributed by atoms with Crippen LogP contribution in [0.15, 0.2) is 165 Å². The lowest BCUT2D eigenvalue weighted by Gasteiger charge is -2.34. The van der Waals surface area contributed by atoms with E-state index in [4.69, 9.17) is 15.7 Å². The molecule has 32 heteroatoms. The number of anilines is 8. The van der Waals surface area contributed by atoms with Gasteiger partial charge in [0.1, 0.15) is 46.5 Å². The molecule has 3 atom stereocenters. The zero-order chi connectivity index (χ0) is 69.7. The van der Waals surface area contributed by atoms with Crippen LogP contribution in [0.25, 0.3) is 22.6 Å². The van der Waals surface area contributed by atoms with Crippen molar-refractivity contribution in [2.45, 2.75) is 127 Å². The molecule has 0 spiro atoms. The Morgan fingerprint density at radius 1 is 0.465 bits per heavy atom. The van der Waals surface area contributed by atoms with E-state index in [1.54, 1.807) is 63.1 Å². The van der Waals surface area contributed by atoms with Gasteiger partial charge in [0.05, 0.1) is 54.3 Å². The van der Waals surface area contributed by atoms with Crippen molar-refractivity contribution < 1.29 is 5.11 Å². The van der Waals surface area contributed by atoms with Crippen molar-refractivity contribution in [1.29, 1.82) is 0 Å². The summed E-state index contributed by atoms with van der Waals surface area (Å²) in [6.45, 7) is 11.3. The largest absolute Gasteiger partial charge is 0.388 e. The molecule has 12 aromatic heterocycles. The van der Waals surface area contributed by atoms with Gasteiger partial charge in [0.25, 0.3) is 0 Å². The van der Waals surface area contributed by atoms with Crippen LogP contribution in [0.5, 0.6) is 0 Å². The molecular weight excluding hydrogens is 1540 g/mol. The molecule has 101 heavy (non-hydrogen) atoms. The summed E-state index contributed by atoms with van der Waals surface area (Å²) in [7, 11) is 0. The first-order valence-electron chi connectivity index (χ1n) is 33.8. The van der Waals surface area contributed by atoms with E-state index in [-0.39, 0.29) is 6.04 Å². The first kappa shape index (κ1) is 70.7. The van der Waals surface area contributed by atoms with Crippen LogP contribution < -0.4 is 58.5 Å². The van der Waals surface area contributed by atoms with E-state index in [2.05, 4.69) is 167 Å². The molecule has 1 saturated carbocycles. The summed E-state index contributed by atoms with van der Waals surface area (Å²) in [6, 6.07) is 25.5. The van der Waals surface area contributed by atoms with Crippen molar-refractivity contribution in [2.75, 3.05) is 74.8 Å². The molecule has 526 valence electrons. The zero-order valence-corrected chi connectivity index (χ0v) is 62.2. The quantitative estimate of drug-likeness (QED) is 0.0338. The van der Waals surface area contributed by atoms with E-state index in [1.807, 2.05) is 116 Å². The van der Waals surface area contributed by atoms with Crippen LogP contribution in [0.2, 0.25) is 0 Å². The van der Waals surface area contributed by atoms with Crippen LogP contribution in [-0.4, -0.2) is 152 Å². The average molecular weight is 1620 g/mol. The van der Waals surface area contributed by atoms with Gasteiger partial charge in [-0.3, -0.25) is 19.9 Å². The Kier molecular flexibility index (Phi) is 23.3. The number of fused-ring (bicyclic) bond motifs is 4. The smallest absolute Gasteiger partial charge is 0.173 e. The number of nitrogens with one attached hydrogen (secondary N) is 9. The van der Waals surface area contributed by atoms with Gasteiger partial charge in [0.15, 0.2) is 22.6 Å². The number of aromatic nitrogens is 16. The highest BCUT2D eigenvalue weighted by Gasteiger charge is 2.37. The van der Waals surface area contributed by atoms with Crippen LogP contribution in [0, 0.1) is 0 Å². The van der Waals surface area contributed by atoms with Gasteiger partial charge in [-0.05, 0) is 189 Å². The molecule has 16 rings (SSSR count). The third-order valence-electron chi connectivity index (χ3n) is 17.8. The standard InChI is InChI=1S/C19H23BrN6O.C18H22BrN7.2C16H18BrN7/c1-19(2,27)15-6-4-8-25(15)17-9-16(22-11-13-5-3-7-21-10-13)26-18(24-17)14(20)12-23-26;19-15-11-23-26-17(22-10-12-2-1-7-21-9-12)8-16(25-18(15)26)24-14-5-3-13(20)4-6-14;2*17-13-10-21-24-15(20-8-11-2-1-4-18-7-11)6-14(23-16(13)24)22-12-3-5-19-9-12/h3,5,7,9-10,12,15,22,27H,4,6,8,11H2,1-2H3;1-2,7-9,11,13-14,22H,3-6,10,20H2,(H,24,25);2*1-2,4,6-7,10,12,19-20H,3,5,8-9H2,(H,22,23)/t15-;;2*12-/m0.10/s1. The van der Waals surface area contributed by atoms with Crippen molar-refractivity contribution in [3.05, 3.63) is 187 Å². The highest BCUT2D eigenvalue weighted by atomic mass is 79.9.